The average molecular weight is 306 g/mol. The van der Waals surface area contributed by atoms with Gasteiger partial charge in [-0.25, -0.2) is 17.8 Å². The summed E-state index contributed by atoms with van der Waals surface area (Å²) in [6.07, 6.45) is 1.39. The van der Waals surface area contributed by atoms with Gasteiger partial charge in [0.1, 0.15) is 18.2 Å². The summed E-state index contributed by atoms with van der Waals surface area (Å²) < 4.78 is 39.3. The summed E-state index contributed by atoms with van der Waals surface area (Å²) in [6, 6.07) is 7.46. The van der Waals surface area contributed by atoms with E-state index in [0.29, 0.717) is 5.56 Å². The Labute approximate surface area is 121 Å². The van der Waals surface area contributed by atoms with Gasteiger partial charge in [0.15, 0.2) is 0 Å². The molecule has 0 fully saturated rings. The quantitative estimate of drug-likeness (QED) is 0.839. The van der Waals surface area contributed by atoms with Crippen LogP contribution in [-0.2, 0) is 10.0 Å². The Kier molecular flexibility index (Phi) is 4.52. The van der Waals surface area contributed by atoms with Gasteiger partial charge in [0.2, 0.25) is 0 Å². The molecule has 0 bridgehead atoms. The van der Waals surface area contributed by atoms with Crippen molar-refractivity contribution in [2.24, 2.45) is 0 Å². The second kappa shape index (κ2) is 6.35. The van der Waals surface area contributed by atoms with E-state index in [9.17, 15) is 12.8 Å². The van der Waals surface area contributed by atoms with Crippen LogP contribution in [-0.4, -0.2) is 25.1 Å². The molecule has 0 atom stereocenters. The van der Waals surface area contributed by atoms with Crippen LogP contribution in [0, 0.1) is 17.7 Å². The number of benzene rings is 1. The molecule has 108 valence electrons. The highest BCUT2D eigenvalue weighted by Crippen LogP contribution is 2.15. The van der Waals surface area contributed by atoms with Gasteiger partial charge in [-0.2, -0.15) is 0 Å². The minimum absolute atomic E-state index is 0.0717. The number of aliphatic hydroxyl groups is 1. The number of nitrogens with one attached hydrogen (secondary N) is 1. The van der Waals surface area contributed by atoms with E-state index in [1.165, 1.54) is 12.3 Å². The highest BCUT2D eigenvalue weighted by molar-refractivity contribution is 7.92. The number of pyridine rings is 1. The lowest BCUT2D eigenvalue weighted by molar-refractivity contribution is 0.350. The predicted molar refractivity (Wildman–Crippen MR) is 75.4 cm³/mol. The van der Waals surface area contributed by atoms with Crippen molar-refractivity contribution in [3.63, 3.8) is 0 Å². The van der Waals surface area contributed by atoms with Crippen LogP contribution in [0.2, 0.25) is 0 Å². The minimum atomic E-state index is -3.84. The van der Waals surface area contributed by atoms with E-state index in [1.807, 2.05) is 0 Å². The van der Waals surface area contributed by atoms with Gasteiger partial charge in [0, 0.05) is 11.8 Å². The zero-order valence-electron chi connectivity index (χ0n) is 10.7. The van der Waals surface area contributed by atoms with Crippen molar-refractivity contribution in [1.29, 1.82) is 0 Å². The van der Waals surface area contributed by atoms with Crippen molar-refractivity contribution in [3.8, 4) is 11.8 Å². The molecule has 7 heteroatoms. The number of nitrogens with zero attached hydrogens (tertiary/aromatic N) is 1. The SMILES string of the molecule is O=S(=O)(Nc1cc(C#CCO)ccn1)c1ccc(F)cc1. The van der Waals surface area contributed by atoms with E-state index >= 15 is 0 Å². The summed E-state index contributed by atoms with van der Waals surface area (Å²) in [6.45, 7) is -0.293. The summed E-state index contributed by atoms with van der Waals surface area (Å²) in [7, 11) is -3.84. The summed E-state index contributed by atoms with van der Waals surface area (Å²) in [5.74, 6) is 4.66. The first-order valence-corrected chi connectivity index (χ1v) is 7.34. The van der Waals surface area contributed by atoms with Crippen LogP contribution in [0.15, 0.2) is 47.5 Å². The number of anilines is 1. The van der Waals surface area contributed by atoms with Gasteiger partial charge in [-0.15, -0.1) is 0 Å². The van der Waals surface area contributed by atoms with Gasteiger partial charge in [0.05, 0.1) is 4.90 Å². The summed E-state index contributed by atoms with van der Waals surface area (Å²) in [5.41, 5.74) is 0.510. The van der Waals surface area contributed by atoms with E-state index in [0.717, 1.165) is 24.3 Å². The molecule has 2 N–H and O–H groups in total. The lowest BCUT2D eigenvalue weighted by atomic mass is 10.2. The fourth-order valence-electron chi connectivity index (χ4n) is 1.52. The average Bonchev–Trinajstić information content (AvgIpc) is 2.45. The number of halogens is 1. The molecule has 0 spiro atoms. The second-order valence-electron chi connectivity index (χ2n) is 3.95. The third kappa shape index (κ3) is 4.02. The van der Waals surface area contributed by atoms with Crippen LogP contribution in [0.25, 0.3) is 0 Å². The summed E-state index contributed by atoms with van der Waals surface area (Å²) in [4.78, 5) is 3.81. The number of aromatic nitrogens is 1. The van der Waals surface area contributed by atoms with E-state index < -0.39 is 15.8 Å². The monoisotopic (exact) mass is 306 g/mol. The maximum absolute atomic E-state index is 12.8. The van der Waals surface area contributed by atoms with Crippen LogP contribution in [0.5, 0.6) is 0 Å². The molecular formula is C14H11FN2O3S. The zero-order valence-corrected chi connectivity index (χ0v) is 11.6. The summed E-state index contributed by atoms with van der Waals surface area (Å²) in [5, 5.41) is 8.62. The maximum atomic E-state index is 12.8. The van der Waals surface area contributed by atoms with Gasteiger partial charge in [-0.05, 0) is 36.4 Å². The van der Waals surface area contributed by atoms with Gasteiger partial charge < -0.3 is 5.11 Å². The smallest absolute Gasteiger partial charge is 0.263 e. The van der Waals surface area contributed by atoms with Crippen molar-refractivity contribution >= 4 is 15.8 Å². The molecule has 1 aromatic carbocycles. The first kappa shape index (κ1) is 15.0. The highest BCUT2D eigenvalue weighted by Gasteiger charge is 2.14. The van der Waals surface area contributed by atoms with Gasteiger partial charge in [-0.1, -0.05) is 11.8 Å². The topological polar surface area (TPSA) is 79.3 Å². The standard InChI is InChI=1S/C14H11FN2O3S/c15-12-3-5-13(6-4-12)21(19,20)17-14-10-11(2-1-9-18)7-8-16-14/h3-8,10,18H,9H2,(H,16,17). The van der Waals surface area contributed by atoms with Crippen molar-refractivity contribution in [1.82, 2.24) is 4.98 Å². The Bertz CT molecular complexity index is 793. The van der Waals surface area contributed by atoms with Gasteiger partial charge in [-0.3, -0.25) is 4.72 Å². The molecule has 0 radical (unpaired) electrons. The van der Waals surface area contributed by atoms with Gasteiger partial charge in [0.25, 0.3) is 10.0 Å². The number of aliphatic hydroxyl groups excluding tert-OH is 1. The molecule has 0 aliphatic carbocycles. The van der Waals surface area contributed by atoms with Crippen molar-refractivity contribution in [2.45, 2.75) is 4.90 Å². The lowest BCUT2D eigenvalue weighted by Gasteiger charge is -2.07. The minimum Gasteiger partial charge on any atom is -0.384 e. The normalized spacial score (nSPS) is 10.6. The molecule has 5 nitrogen and oxygen atoms in total. The van der Waals surface area contributed by atoms with Crippen molar-refractivity contribution < 1.29 is 17.9 Å². The fraction of sp³-hybridized carbons (Fsp3) is 0.0714. The number of hydrogen-bond donors (Lipinski definition) is 2. The molecule has 0 aliphatic heterocycles. The van der Waals surface area contributed by atoms with E-state index in [2.05, 4.69) is 21.5 Å². The molecule has 21 heavy (non-hydrogen) atoms. The molecule has 0 amide bonds. The lowest BCUT2D eigenvalue weighted by Crippen LogP contribution is -2.13. The van der Waals surface area contributed by atoms with E-state index in [1.54, 1.807) is 6.07 Å². The molecule has 0 saturated heterocycles. The van der Waals surface area contributed by atoms with Crippen LogP contribution >= 0.6 is 0 Å². The zero-order chi connectivity index (χ0) is 15.3. The Morgan fingerprint density at radius 1 is 1.24 bits per heavy atom. The number of hydrogen-bond acceptors (Lipinski definition) is 4. The predicted octanol–water partition coefficient (Wildman–Crippen LogP) is 1.37. The van der Waals surface area contributed by atoms with Crippen LogP contribution in [0.3, 0.4) is 0 Å². The molecule has 2 rings (SSSR count). The fourth-order valence-corrected chi connectivity index (χ4v) is 2.52. The molecule has 0 unspecified atom stereocenters. The maximum Gasteiger partial charge on any atom is 0.263 e. The first-order chi connectivity index (χ1) is 10.0. The van der Waals surface area contributed by atoms with Crippen molar-refractivity contribution in [3.05, 3.63) is 54.0 Å². The molecule has 0 aliphatic rings. The van der Waals surface area contributed by atoms with Crippen molar-refractivity contribution in [2.75, 3.05) is 11.3 Å². The Balaban J connectivity index is 2.26. The molecule has 2 aromatic rings. The molecular weight excluding hydrogens is 295 g/mol. The Morgan fingerprint density at radius 3 is 2.62 bits per heavy atom. The Morgan fingerprint density at radius 2 is 1.95 bits per heavy atom. The third-order valence-corrected chi connectivity index (χ3v) is 3.81. The largest absolute Gasteiger partial charge is 0.384 e. The second-order valence-corrected chi connectivity index (χ2v) is 5.63. The third-order valence-electron chi connectivity index (χ3n) is 2.43. The van der Waals surface area contributed by atoms with Gasteiger partial charge >= 0.3 is 0 Å². The number of sulfonamides is 1. The van der Waals surface area contributed by atoms with Crippen LogP contribution in [0.1, 0.15) is 5.56 Å². The van der Waals surface area contributed by atoms with Crippen LogP contribution in [0.4, 0.5) is 10.2 Å². The van der Waals surface area contributed by atoms with E-state index in [4.69, 9.17) is 5.11 Å². The first-order valence-electron chi connectivity index (χ1n) is 5.85. The number of rotatable bonds is 3. The molecule has 1 heterocycles. The van der Waals surface area contributed by atoms with E-state index in [-0.39, 0.29) is 17.3 Å². The molecule has 0 saturated carbocycles. The highest BCUT2D eigenvalue weighted by atomic mass is 32.2. The Hall–Kier alpha value is -2.43. The molecule has 1 aromatic heterocycles. The van der Waals surface area contributed by atoms with Crippen LogP contribution < -0.4 is 4.72 Å². The summed E-state index contributed by atoms with van der Waals surface area (Å²) >= 11 is 0.